The van der Waals surface area contributed by atoms with Crippen LogP contribution in [0.25, 0.3) is 0 Å². The molecule has 0 radical (unpaired) electrons. The SMILES string of the molecule is COCCn1nc(C(=O)N(C)CC(O)COC)ccc1=O. The Labute approximate surface area is 122 Å². The average Bonchev–Trinajstić information content (AvgIpc) is 2.45. The number of aliphatic hydroxyl groups is 1. The number of methoxy groups -OCH3 is 2. The quantitative estimate of drug-likeness (QED) is 0.659. The number of aromatic nitrogens is 2. The molecule has 1 rings (SSSR count). The van der Waals surface area contributed by atoms with Crippen LogP contribution in [-0.4, -0.2) is 72.8 Å². The minimum absolute atomic E-state index is 0.117. The van der Waals surface area contributed by atoms with E-state index < -0.39 is 6.10 Å². The van der Waals surface area contributed by atoms with Gasteiger partial charge in [-0.05, 0) is 6.07 Å². The van der Waals surface area contributed by atoms with Crippen molar-refractivity contribution in [1.29, 1.82) is 0 Å². The minimum Gasteiger partial charge on any atom is -0.389 e. The third-order valence-electron chi connectivity index (χ3n) is 2.78. The molecule has 0 aliphatic heterocycles. The van der Waals surface area contributed by atoms with Gasteiger partial charge in [0.15, 0.2) is 0 Å². The van der Waals surface area contributed by atoms with Crippen LogP contribution in [0.2, 0.25) is 0 Å². The van der Waals surface area contributed by atoms with E-state index in [0.717, 1.165) is 0 Å². The standard InChI is InChI=1S/C13H21N3O5/c1-15(8-10(17)9-21-3)13(19)11-4-5-12(18)16(14-11)6-7-20-2/h4-5,10,17H,6-9H2,1-3H3. The molecule has 1 unspecified atom stereocenters. The number of hydrogen-bond acceptors (Lipinski definition) is 6. The summed E-state index contributed by atoms with van der Waals surface area (Å²) in [5.41, 5.74) is -0.163. The molecule has 21 heavy (non-hydrogen) atoms. The van der Waals surface area contributed by atoms with Gasteiger partial charge in [0.05, 0.1) is 25.9 Å². The number of aliphatic hydroxyl groups excluding tert-OH is 1. The zero-order valence-electron chi connectivity index (χ0n) is 12.5. The molecule has 1 amide bonds. The molecule has 0 saturated heterocycles. The monoisotopic (exact) mass is 299 g/mol. The highest BCUT2D eigenvalue weighted by molar-refractivity contribution is 5.91. The number of nitrogens with zero attached hydrogens (tertiary/aromatic N) is 3. The maximum Gasteiger partial charge on any atom is 0.274 e. The minimum atomic E-state index is -0.775. The van der Waals surface area contributed by atoms with Crippen molar-refractivity contribution in [2.45, 2.75) is 12.6 Å². The number of carbonyl (C=O) groups is 1. The Morgan fingerprint density at radius 2 is 2.14 bits per heavy atom. The van der Waals surface area contributed by atoms with E-state index in [1.807, 2.05) is 0 Å². The molecule has 1 heterocycles. The van der Waals surface area contributed by atoms with Crippen LogP contribution in [0.15, 0.2) is 16.9 Å². The average molecular weight is 299 g/mol. The van der Waals surface area contributed by atoms with Crippen LogP contribution in [0.4, 0.5) is 0 Å². The number of ether oxygens (including phenoxy) is 2. The maximum absolute atomic E-state index is 12.2. The zero-order chi connectivity index (χ0) is 15.8. The van der Waals surface area contributed by atoms with Crippen LogP contribution < -0.4 is 5.56 Å². The van der Waals surface area contributed by atoms with Gasteiger partial charge in [-0.25, -0.2) is 4.68 Å². The second-order valence-corrected chi connectivity index (χ2v) is 4.57. The van der Waals surface area contributed by atoms with E-state index in [2.05, 4.69) is 5.10 Å². The molecule has 0 bridgehead atoms. The molecule has 8 heteroatoms. The molecular formula is C13H21N3O5. The van der Waals surface area contributed by atoms with Gasteiger partial charge in [0, 0.05) is 33.9 Å². The smallest absolute Gasteiger partial charge is 0.274 e. The number of carbonyl (C=O) groups excluding carboxylic acids is 1. The molecule has 0 fully saturated rings. The van der Waals surface area contributed by atoms with Crippen LogP contribution in [-0.2, 0) is 16.0 Å². The topological polar surface area (TPSA) is 93.9 Å². The lowest BCUT2D eigenvalue weighted by Crippen LogP contribution is -2.37. The van der Waals surface area contributed by atoms with Crippen molar-refractivity contribution in [3.8, 4) is 0 Å². The Balaban J connectivity index is 2.79. The highest BCUT2D eigenvalue weighted by Gasteiger charge is 2.17. The lowest BCUT2D eigenvalue weighted by atomic mass is 10.3. The van der Waals surface area contributed by atoms with Crippen LogP contribution in [0, 0.1) is 0 Å². The van der Waals surface area contributed by atoms with E-state index in [1.54, 1.807) is 7.05 Å². The van der Waals surface area contributed by atoms with Gasteiger partial charge >= 0.3 is 0 Å². The molecule has 1 aromatic rings. The summed E-state index contributed by atoms with van der Waals surface area (Å²) in [6.07, 6.45) is -0.775. The molecule has 0 aliphatic carbocycles. The Kier molecular flexibility index (Phi) is 7.00. The summed E-state index contributed by atoms with van der Waals surface area (Å²) in [7, 11) is 4.54. The fourth-order valence-corrected chi connectivity index (χ4v) is 1.74. The van der Waals surface area contributed by atoms with E-state index in [1.165, 1.54) is 35.9 Å². The lowest BCUT2D eigenvalue weighted by Gasteiger charge is -2.20. The summed E-state index contributed by atoms with van der Waals surface area (Å²) in [6, 6.07) is 2.66. The molecule has 8 nitrogen and oxygen atoms in total. The van der Waals surface area contributed by atoms with Gasteiger partial charge in [-0.1, -0.05) is 0 Å². The van der Waals surface area contributed by atoms with Crippen molar-refractivity contribution in [2.75, 3.05) is 41.0 Å². The van der Waals surface area contributed by atoms with Crippen molar-refractivity contribution in [3.63, 3.8) is 0 Å². The summed E-state index contributed by atoms with van der Waals surface area (Å²) in [5.74, 6) is -0.378. The molecule has 1 atom stereocenters. The van der Waals surface area contributed by atoms with Gasteiger partial charge in [-0.3, -0.25) is 9.59 Å². The van der Waals surface area contributed by atoms with E-state index in [9.17, 15) is 14.7 Å². The predicted octanol–water partition coefficient (Wildman–Crippen LogP) is -1.03. The second-order valence-electron chi connectivity index (χ2n) is 4.57. The molecular weight excluding hydrogens is 278 g/mol. The summed E-state index contributed by atoms with van der Waals surface area (Å²) in [6.45, 7) is 0.851. The van der Waals surface area contributed by atoms with Gasteiger partial charge < -0.3 is 19.5 Å². The fraction of sp³-hybridized carbons (Fsp3) is 0.615. The Bertz CT molecular complexity index is 517. The first-order valence-corrected chi connectivity index (χ1v) is 6.49. The summed E-state index contributed by atoms with van der Waals surface area (Å²) < 4.78 is 10.9. The molecule has 1 N–H and O–H groups in total. The highest BCUT2D eigenvalue weighted by Crippen LogP contribution is 2.00. The van der Waals surface area contributed by atoms with Gasteiger partial charge in [0.25, 0.3) is 11.5 Å². The van der Waals surface area contributed by atoms with E-state index in [0.29, 0.717) is 6.61 Å². The van der Waals surface area contributed by atoms with E-state index in [-0.39, 0.29) is 36.9 Å². The molecule has 118 valence electrons. The number of amides is 1. The normalized spacial score (nSPS) is 12.2. The first-order chi connectivity index (χ1) is 9.99. The molecule has 0 saturated carbocycles. The number of likely N-dealkylation sites (N-methyl/N-ethyl adjacent to an activating group) is 1. The largest absolute Gasteiger partial charge is 0.389 e. The third-order valence-corrected chi connectivity index (χ3v) is 2.78. The summed E-state index contributed by atoms with van der Waals surface area (Å²) in [4.78, 5) is 25.1. The Morgan fingerprint density at radius 3 is 2.76 bits per heavy atom. The van der Waals surface area contributed by atoms with E-state index >= 15 is 0 Å². The summed E-state index contributed by atoms with van der Waals surface area (Å²) in [5, 5.41) is 13.6. The van der Waals surface area contributed by atoms with Gasteiger partial charge in [-0.2, -0.15) is 5.10 Å². The van der Waals surface area contributed by atoms with Gasteiger partial charge in [-0.15, -0.1) is 0 Å². The summed E-state index contributed by atoms with van der Waals surface area (Å²) >= 11 is 0. The zero-order valence-corrected chi connectivity index (χ0v) is 12.5. The lowest BCUT2D eigenvalue weighted by molar-refractivity contribution is 0.0376. The molecule has 0 aliphatic rings. The highest BCUT2D eigenvalue weighted by atomic mass is 16.5. The Morgan fingerprint density at radius 1 is 1.43 bits per heavy atom. The van der Waals surface area contributed by atoms with Crippen LogP contribution in [0.3, 0.4) is 0 Å². The van der Waals surface area contributed by atoms with Gasteiger partial charge in [0.2, 0.25) is 0 Å². The molecule has 0 aromatic carbocycles. The first-order valence-electron chi connectivity index (χ1n) is 6.49. The number of hydrogen-bond donors (Lipinski definition) is 1. The van der Waals surface area contributed by atoms with Crippen LogP contribution >= 0.6 is 0 Å². The van der Waals surface area contributed by atoms with Gasteiger partial charge in [0.1, 0.15) is 5.69 Å². The maximum atomic E-state index is 12.2. The fourth-order valence-electron chi connectivity index (χ4n) is 1.74. The third kappa shape index (κ3) is 5.25. The number of rotatable bonds is 8. The van der Waals surface area contributed by atoms with E-state index in [4.69, 9.17) is 9.47 Å². The van der Waals surface area contributed by atoms with Crippen molar-refractivity contribution < 1.29 is 19.4 Å². The van der Waals surface area contributed by atoms with Crippen LogP contribution in [0.1, 0.15) is 10.5 Å². The predicted molar refractivity (Wildman–Crippen MR) is 75.2 cm³/mol. The van der Waals surface area contributed by atoms with Crippen molar-refractivity contribution in [1.82, 2.24) is 14.7 Å². The van der Waals surface area contributed by atoms with Crippen molar-refractivity contribution in [3.05, 3.63) is 28.2 Å². The van der Waals surface area contributed by atoms with Crippen molar-refractivity contribution in [2.24, 2.45) is 0 Å². The van der Waals surface area contributed by atoms with Crippen LogP contribution in [0.5, 0.6) is 0 Å². The first kappa shape index (κ1) is 17.3. The Hall–Kier alpha value is -1.77. The molecule has 0 spiro atoms. The van der Waals surface area contributed by atoms with Crippen molar-refractivity contribution >= 4 is 5.91 Å². The molecule has 1 aromatic heterocycles. The second kappa shape index (κ2) is 8.50.